The molecule has 0 aliphatic rings. The summed E-state index contributed by atoms with van der Waals surface area (Å²) in [5.41, 5.74) is 0. The number of esters is 3. The second-order valence-corrected chi connectivity index (χ2v) is 19.2. The molecule has 0 aliphatic carbocycles. The first-order valence-corrected chi connectivity index (χ1v) is 28.6. The molecule has 0 amide bonds. The van der Waals surface area contributed by atoms with Crippen LogP contribution in [0, 0.1) is 0 Å². The van der Waals surface area contributed by atoms with Gasteiger partial charge in [0.15, 0.2) is 6.10 Å². The molecular formula is C60H108O6. The van der Waals surface area contributed by atoms with E-state index in [1.165, 1.54) is 186 Å². The van der Waals surface area contributed by atoms with Crippen LogP contribution in [0.4, 0.5) is 0 Å². The van der Waals surface area contributed by atoms with Gasteiger partial charge in [0.25, 0.3) is 0 Å². The molecule has 1 atom stereocenters. The minimum atomic E-state index is -0.785. The summed E-state index contributed by atoms with van der Waals surface area (Å²) in [6.07, 6.45) is 66.8. The predicted octanol–water partition coefficient (Wildman–Crippen LogP) is 19.0. The Morgan fingerprint density at radius 1 is 0.303 bits per heavy atom. The summed E-state index contributed by atoms with van der Waals surface area (Å²) in [5, 5.41) is 0. The summed E-state index contributed by atoms with van der Waals surface area (Å²) in [5.74, 6) is -0.911. The van der Waals surface area contributed by atoms with Crippen molar-refractivity contribution in [2.45, 2.75) is 303 Å². The summed E-state index contributed by atoms with van der Waals surface area (Å²) in [4.78, 5) is 38.1. The van der Waals surface area contributed by atoms with Crippen LogP contribution in [-0.2, 0) is 28.6 Å². The Bertz CT molecular complexity index is 1150. The predicted molar refractivity (Wildman–Crippen MR) is 284 cm³/mol. The highest BCUT2D eigenvalue weighted by molar-refractivity contribution is 5.71. The number of carbonyl (C=O) groups is 3. The van der Waals surface area contributed by atoms with Gasteiger partial charge in [-0.2, -0.15) is 0 Å². The average molecular weight is 926 g/mol. The molecule has 0 heterocycles. The van der Waals surface area contributed by atoms with Crippen molar-refractivity contribution in [2.75, 3.05) is 13.2 Å². The van der Waals surface area contributed by atoms with E-state index in [0.29, 0.717) is 19.3 Å². The van der Waals surface area contributed by atoms with E-state index in [1.54, 1.807) is 0 Å². The summed E-state index contributed by atoms with van der Waals surface area (Å²) >= 11 is 0. The zero-order valence-electron chi connectivity index (χ0n) is 44.0. The van der Waals surface area contributed by atoms with Gasteiger partial charge >= 0.3 is 17.9 Å². The Morgan fingerprint density at radius 3 is 0.924 bits per heavy atom. The first kappa shape index (κ1) is 63.4. The van der Waals surface area contributed by atoms with E-state index in [9.17, 15) is 14.4 Å². The topological polar surface area (TPSA) is 78.9 Å². The number of allylic oxidation sites excluding steroid dienone is 8. The molecule has 6 heteroatoms. The van der Waals surface area contributed by atoms with Gasteiger partial charge < -0.3 is 14.2 Å². The van der Waals surface area contributed by atoms with Gasteiger partial charge in [-0.1, -0.05) is 243 Å². The van der Waals surface area contributed by atoms with Gasteiger partial charge in [-0.3, -0.25) is 14.4 Å². The van der Waals surface area contributed by atoms with Crippen LogP contribution in [-0.4, -0.2) is 37.2 Å². The molecule has 0 radical (unpaired) electrons. The number of ether oxygens (including phenoxy) is 3. The lowest BCUT2D eigenvalue weighted by Crippen LogP contribution is -2.30. The first-order chi connectivity index (χ1) is 32.5. The summed E-state index contributed by atoms with van der Waals surface area (Å²) in [6.45, 7) is 6.60. The lowest BCUT2D eigenvalue weighted by atomic mass is 10.0. The smallest absolute Gasteiger partial charge is 0.306 e. The average Bonchev–Trinajstić information content (AvgIpc) is 3.31. The van der Waals surface area contributed by atoms with Crippen molar-refractivity contribution in [2.24, 2.45) is 0 Å². The molecule has 0 rings (SSSR count). The van der Waals surface area contributed by atoms with Crippen molar-refractivity contribution in [3.63, 3.8) is 0 Å². The number of carbonyl (C=O) groups excluding carboxylic acids is 3. The van der Waals surface area contributed by atoms with Crippen molar-refractivity contribution in [3.05, 3.63) is 48.6 Å². The van der Waals surface area contributed by atoms with Crippen molar-refractivity contribution in [3.8, 4) is 0 Å². The van der Waals surface area contributed by atoms with Crippen LogP contribution in [0.2, 0.25) is 0 Å². The van der Waals surface area contributed by atoms with E-state index in [4.69, 9.17) is 14.2 Å². The van der Waals surface area contributed by atoms with Crippen LogP contribution in [0.25, 0.3) is 0 Å². The van der Waals surface area contributed by atoms with E-state index in [-0.39, 0.29) is 31.1 Å². The Labute approximate surface area is 409 Å². The van der Waals surface area contributed by atoms with Gasteiger partial charge in [0.1, 0.15) is 13.2 Å². The lowest BCUT2D eigenvalue weighted by Gasteiger charge is -2.18. The molecule has 0 aromatic rings. The minimum absolute atomic E-state index is 0.0826. The molecule has 0 spiro atoms. The Balaban J connectivity index is 4.32. The molecule has 0 unspecified atom stereocenters. The molecule has 0 bridgehead atoms. The summed E-state index contributed by atoms with van der Waals surface area (Å²) in [7, 11) is 0. The van der Waals surface area contributed by atoms with Crippen LogP contribution in [0.15, 0.2) is 48.6 Å². The Hall–Kier alpha value is -2.63. The van der Waals surface area contributed by atoms with E-state index in [1.807, 2.05) is 0 Å². The van der Waals surface area contributed by atoms with Gasteiger partial charge in [-0.25, -0.2) is 0 Å². The molecule has 0 aliphatic heterocycles. The quantitative estimate of drug-likeness (QED) is 0.0262. The highest BCUT2D eigenvalue weighted by atomic mass is 16.6. The van der Waals surface area contributed by atoms with Crippen molar-refractivity contribution < 1.29 is 28.6 Å². The summed E-state index contributed by atoms with van der Waals surface area (Å²) < 4.78 is 16.8. The summed E-state index contributed by atoms with van der Waals surface area (Å²) in [6, 6.07) is 0. The standard InChI is InChI=1S/C60H108O6/c1-4-7-10-13-16-19-22-25-27-28-29-30-31-32-34-36-39-41-44-47-50-53-59(62)65-56-57(66-60(63)54-51-48-45-42-37-24-21-18-15-12-9-6-3)55-64-58(61)52-49-46-43-40-38-35-33-26-23-20-17-14-11-8-5-2/h17,20,25-27,33,38,40,57H,4-16,18-19,21-24,28-32,34-37,39,41-56H2,1-3H3/b20-17-,27-25-,33-26-,40-38-/t57-/m1/s1. The highest BCUT2D eigenvalue weighted by Gasteiger charge is 2.19. The van der Waals surface area contributed by atoms with Crippen LogP contribution in [0.3, 0.4) is 0 Å². The molecule has 0 aromatic carbocycles. The third-order valence-corrected chi connectivity index (χ3v) is 12.6. The molecule has 384 valence electrons. The molecule has 6 nitrogen and oxygen atoms in total. The molecule has 0 saturated heterocycles. The fourth-order valence-electron chi connectivity index (χ4n) is 8.21. The molecular weight excluding hydrogens is 817 g/mol. The van der Waals surface area contributed by atoms with E-state index < -0.39 is 6.10 Å². The van der Waals surface area contributed by atoms with Gasteiger partial charge in [-0.15, -0.1) is 0 Å². The third-order valence-electron chi connectivity index (χ3n) is 12.6. The Morgan fingerprint density at radius 2 is 0.545 bits per heavy atom. The SMILES string of the molecule is CCCCC/C=C\C/C=C\C/C=C\CCCCC(=O)OC[C@H](COC(=O)CCCCCCCCCCCCC/C=C\CCCCCCCC)OC(=O)CCCCCCCCCCCCCC. The number of rotatable bonds is 52. The fraction of sp³-hybridized carbons (Fsp3) is 0.817. The lowest BCUT2D eigenvalue weighted by molar-refractivity contribution is -0.167. The maximum atomic E-state index is 12.8. The molecule has 0 saturated carbocycles. The van der Waals surface area contributed by atoms with E-state index in [2.05, 4.69) is 69.4 Å². The second-order valence-electron chi connectivity index (χ2n) is 19.2. The molecule has 66 heavy (non-hydrogen) atoms. The van der Waals surface area contributed by atoms with Crippen LogP contribution in [0.1, 0.15) is 297 Å². The van der Waals surface area contributed by atoms with Gasteiger partial charge in [-0.05, 0) is 83.5 Å². The van der Waals surface area contributed by atoms with E-state index in [0.717, 1.165) is 70.6 Å². The van der Waals surface area contributed by atoms with Crippen molar-refractivity contribution >= 4 is 17.9 Å². The molecule has 0 fully saturated rings. The van der Waals surface area contributed by atoms with Crippen molar-refractivity contribution in [1.82, 2.24) is 0 Å². The largest absolute Gasteiger partial charge is 0.462 e. The van der Waals surface area contributed by atoms with Crippen molar-refractivity contribution in [1.29, 1.82) is 0 Å². The number of hydrogen-bond acceptors (Lipinski definition) is 6. The van der Waals surface area contributed by atoms with Crippen LogP contribution < -0.4 is 0 Å². The molecule has 0 aromatic heterocycles. The van der Waals surface area contributed by atoms with Gasteiger partial charge in [0.05, 0.1) is 0 Å². The monoisotopic (exact) mass is 925 g/mol. The minimum Gasteiger partial charge on any atom is -0.462 e. The van der Waals surface area contributed by atoms with E-state index >= 15 is 0 Å². The normalized spacial score (nSPS) is 12.3. The first-order valence-electron chi connectivity index (χ1n) is 28.6. The van der Waals surface area contributed by atoms with Gasteiger partial charge in [0.2, 0.25) is 0 Å². The van der Waals surface area contributed by atoms with Crippen LogP contribution in [0.5, 0.6) is 0 Å². The third kappa shape index (κ3) is 52.3. The zero-order valence-corrected chi connectivity index (χ0v) is 44.0. The molecule has 0 N–H and O–H groups in total. The maximum Gasteiger partial charge on any atom is 0.306 e. The number of unbranched alkanes of at least 4 members (excludes halogenated alkanes) is 33. The van der Waals surface area contributed by atoms with Crippen LogP contribution >= 0.6 is 0 Å². The number of hydrogen-bond donors (Lipinski definition) is 0. The maximum absolute atomic E-state index is 12.8. The van der Waals surface area contributed by atoms with Gasteiger partial charge in [0, 0.05) is 19.3 Å². The highest BCUT2D eigenvalue weighted by Crippen LogP contribution is 2.16. The Kier molecular flexibility index (Phi) is 52.8. The fourth-order valence-corrected chi connectivity index (χ4v) is 8.21. The second kappa shape index (κ2) is 55.0. The zero-order chi connectivity index (χ0) is 47.9.